The Morgan fingerprint density at radius 3 is 2.52 bits per heavy atom. The molecule has 23 heavy (non-hydrogen) atoms. The van der Waals surface area contributed by atoms with Crippen molar-refractivity contribution in [2.75, 3.05) is 18.4 Å². The molecule has 6 nitrogen and oxygen atoms in total. The van der Waals surface area contributed by atoms with Gasteiger partial charge in [0.1, 0.15) is 6.04 Å². The minimum absolute atomic E-state index is 0.0912. The number of carboxylic acid groups (broad SMARTS) is 1. The van der Waals surface area contributed by atoms with Gasteiger partial charge in [-0.25, -0.2) is 0 Å². The van der Waals surface area contributed by atoms with E-state index in [0.717, 1.165) is 37.3 Å². The first kappa shape index (κ1) is 17.1. The van der Waals surface area contributed by atoms with Gasteiger partial charge in [-0.3, -0.25) is 9.59 Å². The smallest absolute Gasteiger partial charge is 0.230 e. The zero-order valence-corrected chi connectivity index (χ0v) is 13.3. The molecule has 1 aliphatic heterocycles. The number of hydrogen-bond donors (Lipinski definition) is 2. The molecule has 0 spiro atoms. The lowest BCUT2D eigenvalue weighted by Gasteiger charge is -2.31. The second kappa shape index (κ2) is 7.87. The van der Waals surface area contributed by atoms with Gasteiger partial charge in [0.15, 0.2) is 5.78 Å². The number of nitrogens with one attached hydrogen (secondary N) is 2. The maximum atomic E-state index is 12.2. The van der Waals surface area contributed by atoms with Gasteiger partial charge in [0, 0.05) is 11.3 Å². The normalized spacial score (nSPS) is 16.6. The first-order chi connectivity index (χ1) is 11.0. The second-order valence-corrected chi connectivity index (χ2v) is 5.98. The standard InChI is InChI=1S/C17H22N2O4/c1-12(20)13-6-5-7-14(10-13)18-16(21)11-15(17(22)23)19-8-3-2-4-9-19/h5-7,10,15H,2-4,8-9,11H2,1H3,(H,18,21)(H,22,23)/t15-/m0/s1. The van der Waals surface area contributed by atoms with Gasteiger partial charge in [0.2, 0.25) is 5.91 Å². The van der Waals surface area contributed by atoms with E-state index in [1.54, 1.807) is 24.3 Å². The van der Waals surface area contributed by atoms with E-state index < -0.39 is 12.0 Å². The van der Waals surface area contributed by atoms with Crippen LogP contribution in [-0.4, -0.2) is 36.8 Å². The van der Waals surface area contributed by atoms with Gasteiger partial charge in [-0.2, -0.15) is 0 Å². The largest absolute Gasteiger partial charge is 0.544 e. The maximum absolute atomic E-state index is 12.2. The molecule has 2 rings (SSSR count). The fourth-order valence-corrected chi connectivity index (χ4v) is 2.96. The second-order valence-electron chi connectivity index (χ2n) is 5.98. The molecule has 1 atom stereocenters. The van der Waals surface area contributed by atoms with Crippen molar-refractivity contribution in [3.8, 4) is 0 Å². The maximum Gasteiger partial charge on any atom is 0.230 e. The summed E-state index contributed by atoms with van der Waals surface area (Å²) in [4.78, 5) is 35.8. The number of rotatable bonds is 6. The van der Waals surface area contributed by atoms with Gasteiger partial charge >= 0.3 is 0 Å². The predicted octanol–water partition coefficient (Wildman–Crippen LogP) is -0.595. The summed E-state index contributed by atoms with van der Waals surface area (Å²) in [6.45, 7) is 2.96. The van der Waals surface area contributed by atoms with E-state index in [-0.39, 0.29) is 18.1 Å². The molecule has 0 radical (unpaired) electrons. The summed E-state index contributed by atoms with van der Waals surface area (Å²) in [7, 11) is 0. The summed E-state index contributed by atoms with van der Waals surface area (Å²) in [6.07, 6.45) is 2.93. The molecule has 1 aromatic rings. The van der Waals surface area contributed by atoms with E-state index in [4.69, 9.17) is 0 Å². The van der Waals surface area contributed by atoms with Crippen LogP contribution in [0.4, 0.5) is 5.69 Å². The molecule has 1 heterocycles. The molecule has 6 heteroatoms. The SMILES string of the molecule is CC(=O)c1cccc(NC(=O)C[C@@H](C(=O)[O-])[NH+]2CCCCC2)c1. The lowest BCUT2D eigenvalue weighted by Crippen LogP contribution is -3.18. The van der Waals surface area contributed by atoms with E-state index in [1.807, 2.05) is 0 Å². The predicted molar refractivity (Wildman–Crippen MR) is 83.0 cm³/mol. The van der Waals surface area contributed by atoms with Crippen molar-refractivity contribution in [2.24, 2.45) is 0 Å². The van der Waals surface area contributed by atoms with Crippen LogP contribution >= 0.6 is 0 Å². The molecular weight excluding hydrogens is 296 g/mol. The quantitative estimate of drug-likeness (QED) is 0.686. The number of quaternary nitrogens is 1. The highest BCUT2D eigenvalue weighted by Gasteiger charge is 2.27. The first-order valence-electron chi connectivity index (χ1n) is 7.93. The number of amides is 1. The number of hydrogen-bond acceptors (Lipinski definition) is 4. The van der Waals surface area contributed by atoms with Crippen LogP contribution in [0.2, 0.25) is 0 Å². The number of carbonyl (C=O) groups excluding carboxylic acids is 3. The fraction of sp³-hybridized carbons (Fsp3) is 0.471. The Balaban J connectivity index is 2.00. The lowest BCUT2D eigenvalue weighted by molar-refractivity contribution is -0.922. The van der Waals surface area contributed by atoms with Crippen LogP contribution in [0.3, 0.4) is 0 Å². The molecule has 2 N–H and O–H groups in total. The van der Waals surface area contributed by atoms with Gasteiger partial charge in [0.05, 0.1) is 25.5 Å². The first-order valence-corrected chi connectivity index (χ1v) is 7.93. The van der Waals surface area contributed by atoms with Crippen molar-refractivity contribution in [2.45, 2.75) is 38.6 Å². The number of Topliss-reactive ketones (excluding diaryl/α,β-unsaturated/α-hetero) is 1. The average Bonchev–Trinajstić information content (AvgIpc) is 2.53. The van der Waals surface area contributed by atoms with Crippen LogP contribution < -0.4 is 15.3 Å². The monoisotopic (exact) mass is 318 g/mol. The van der Waals surface area contributed by atoms with E-state index in [2.05, 4.69) is 5.32 Å². The van der Waals surface area contributed by atoms with Gasteiger partial charge < -0.3 is 20.1 Å². The summed E-state index contributed by atoms with van der Waals surface area (Å²) in [5, 5.41) is 14.0. The molecule has 124 valence electrons. The Hall–Kier alpha value is -2.21. The average molecular weight is 318 g/mol. The van der Waals surface area contributed by atoms with Crippen molar-refractivity contribution >= 4 is 23.3 Å². The minimum Gasteiger partial charge on any atom is -0.544 e. The van der Waals surface area contributed by atoms with E-state index in [0.29, 0.717) is 11.3 Å². The lowest BCUT2D eigenvalue weighted by atomic mass is 10.1. The van der Waals surface area contributed by atoms with E-state index in [1.165, 1.54) is 6.92 Å². The Kier molecular flexibility index (Phi) is 5.87. The van der Waals surface area contributed by atoms with Gasteiger partial charge in [-0.05, 0) is 38.3 Å². The molecule has 0 bridgehead atoms. The highest BCUT2D eigenvalue weighted by Crippen LogP contribution is 2.11. The summed E-state index contributed by atoms with van der Waals surface area (Å²) in [6, 6.07) is 5.78. The summed E-state index contributed by atoms with van der Waals surface area (Å²) >= 11 is 0. The molecule has 1 aromatic carbocycles. The van der Waals surface area contributed by atoms with E-state index >= 15 is 0 Å². The molecule has 0 saturated carbocycles. The Morgan fingerprint density at radius 1 is 1.22 bits per heavy atom. The number of benzene rings is 1. The third-order valence-electron chi connectivity index (χ3n) is 4.22. The zero-order valence-electron chi connectivity index (χ0n) is 13.3. The summed E-state index contributed by atoms with van der Waals surface area (Å²) < 4.78 is 0. The number of carbonyl (C=O) groups is 3. The third-order valence-corrected chi connectivity index (χ3v) is 4.22. The van der Waals surface area contributed by atoms with Crippen LogP contribution in [-0.2, 0) is 9.59 Å². The highest BCUT2D eigenvalue weighted by atomic mass is 16.4. The molecular formula is C17H22N2O4. The molecule has 0 unspecified atom stereocenters. The Morgan fingerprint density at radius 2 is 1.91 bits per heavy atom. The van der Waals surface area contributed by atoms with Crippen molar-refractivity contribution < 1.29 is 24.4 Å². The van der Waals surface area contributed by atoms with Crippen molar-refractivity contribution in [1.29, 1.82) is 0 Å². The zero-order chi connectivity index (χ0) is 16.8. The molecule has 1 fully saturated rings. The fourth-order valence-electron chi connectivity index (χ4n) is 2.96. The highest BCUT2D eigenvalue weighted by molar-refractivity contribution is 5.97. The number of anilines is 1. The van der Waals surface area contributed by atoms with Crippen LogP contribution in [0.25, 0.3) is 0 Å². The van der Waals surface area contributed by atoms with Crippen LogP contribution in [0.15, 0.2) is 24.3 Å². The van der Waals surface area contributed by atoms with Crippen LogP contribution in [0.1, 0.15) is 43.0 Å². The topological polar surface area (TPSA) is 90.7 Å². The van der Waals surface area contributed by atoms with Crippen molar-refractivity contribution in [3.05, 3.63) is 29.8 Å². The van der Waals surface area contributed by atoms with Crippen molar-refractivity contribution in [1.82, 2.24) is 0 Å². The number of ketones is 1. The molecule has 1 aliphatic rings. The van der Waals surface area contributed by atoms with Crippen LogP contribution in [0.5, 0.6) is 0 Å². The molecule has 0 aromatic heterocycles. The minimum atomic E-state index is -1.19. The molecule has 1 saturated heterocycles. The summed E-state index contributed by atoms with van der Waals surface area (Å²) in [5.41, 5.74) is 0.995. The van der Waals surface area contributed by atoms with E-state index in [9.17, 15) is 19.5 Å². The molecule has 0 aliphatic carbocycles. The van der Waals surface area contributed by atoms with Gasteiger partial charge in [0.25, 0.3) is 0 Å². The number of likely N-dealkylation sites (tertiary alicyclic amines) is 1. The van der Waals surface area contributed by atoms with Crippen molar-refractivity contribution in [3.63, 3.8) is 0 Å². The van der Waals surface area contributed by atoms with Crippen LogP contribution in [0, 0.1) is 0 Å². The summed E-state index contributed by atoms with van der Waals surface area (Å²) in [5.74, 6) is -1.65. The number of carboxylic acids is 1. The Labute approximate surface area is 135 Å². The van der Waals surface area contributed by atoms with Gasteiger partial charge in [-0.15, -0.1) is 0 Å². The Bertz CT molecular complexity index is 594. The third kappa shape index (κ3) is 4.89. The van der Waals surface area contributed by atoms with Gasteiger partial charge in [-0.1, -0.05) is 12.1 Å². The molecule has 1 amide bonds. The number of aliphatic carboxylic acids is 1. The number of piperidine rings is 1.